The third-order valence-electron chi connectivity index (χ3n) is 3.83. The first-order valence-corrected chi connectivity index (χ1v) is 8.58. The fraction of sp³-hybridized carbons (Fsp3) is 0.350. The summed E-state index contributed by atoms with van der Waals surface area (Å²) in [4.78, 5) is 12.4. The predicted octanol–water partition coefficient (Wildman–Crippen LogP) is 5.60. The van der Waals surface area contributed by atoms with Gasteiger partial charge in [-0.25, -0.2) is 0 Å². The van der Waals surface area contributed by atoms with Crippen LogP contribution in [-0.2, 0) is 4.79 Å². The molecule has 3 nitrogen and oxygen atoms in total. The molecule has 24 heavy (non-hydrogen) atoms. The zero-order valence-corrected chi connectivity index (χ0v) is 15.4. The molecule has 0 saturated heterocycles. The molecule has 0 bridgehead atoms. The quantitative estimate of drug-likeness (QED) is 0.739. The first-order valence-electron chi connectivity index (χ1n) is 8.20. The van der Waals surface area contributed by atoms with Crippen LogP contribution in [0.1, 0.15) is 50.7 Å². The minimum atomic E-state index is -0.190. The molecule has 4 heteroatoms. The molecule has 0 atom stereocenters. The number of nitrogens with one attached hydrogen (secondary N) is 1. The van der Waals surface area contributed by atoms with Crippen molar-refractivity contribution in [3.05, 3.63) is 58.6 Å². The second-order valence-corrected chi connectivity index (χ2v) is 6.80. The number of carbonyl (C=O) groups is 1. The van der Waals surface area contributed by atoms with Gasteiger partial charge in [-0.05, 0) is 35.1 Å². The molecule has 128 valence electrons. The molecule has 0 spiro atoms. The third kappa shape index (κ3) is 4.51. The largest absolute Gasteiger partial charge is 0.482 e. The fourth-order valence-corrected chi connectivity index (χ4v) is 2.77. The summed E-state index contributed by atoms with van der Waals surface area (Å²) in [6.07, 6.45) is 0. The Morgan fingerprint density at radius 2 is 1.58 bits per heavy atom. The van der Waals surface area contributed by atoms with E-state index in [9.17, 15) is 4.79 Å². The van der Waals surface area contributed by atoms with E-state index in [0.717, 1.165) is 16.8 Å². The Bertz CT molecular complexity index is 684. The van der Waals surface area contributed by atoms with Crippen LogP contribution in [-0.4, -0.2) is 12.5 Å². The number of ether oxygens (including phenoxy) is 1. The second kappa shape index (κ2) is 8.20. The number of carbonyl (C=O) groups excluding carboxylic acids is 1. The van der Waals surface area contributed by atoms with Gasteiger partial charge in [-0.1, -0.05) is 69.6 Å². The molecule has 0 heterocycles. The zero-order chi connectivity index (χ0) is 17.7. The summed E-state index contributed by atoms with van der Waals surface area (Å²) < 4.78 is 5.53. The fourth-order valence-electron chi connectivity index (χ4n) is 2.58. The molecule has 0 radical (unpaired) electrons. The highest BCUT2D eigenvalue weighted by Gasteiger charge is 2.16. The van der Waals surface area contributed by atoms with Gasteiger partial charge in [0.05, 0.1) is 5.02 Å². The Morgan fingerprint density at radius 1 is 1.00 bits per heavy atom. The Morgan fingerprint density at radius 3 is 2.12 bits per heavy atom. The van der Waals surface area contributed by atoms with Gasteiger partial charge in [0, 0.05) is 5.69 Å². The highest BCUT2D eigenvalue weighted by molar-refractivity contribution is 6.32. The van der Waals surface area contributed by atoms with Crippen LogP contribution in [0.25, 0.3) is 0 Å². The lowest BCUT2D eigenvalue weighted by atomic mass is 9.92. The highest BCUT2D eigenvalue weighted by Crippen LogP contribution is 2.32. The monoisotopic (exact) mass is 345 g/mol. The third-order valence-corrected chi connectivity index (χ3v) is 4.15. The van der Waals surface area contributed by atoms with Crippen LogP contribution in [0.4, 0.5) is 5.69 Å². The van der Waals surface area contributed by atoms with Gasteiger partial charge in [-0.2, -0.15) is 0 Å². The Hall–Kier alpha value is -2.00. The van der Waals surface area contributed by atoms with Gasteiger partial charge in [-0.15, -0.1) is 0 Å². The summed E-state index contributed by atoms with van der Waals surface area (Å²) in [5, 5.41) is 3.52. The van der Waals surface area contributed by atoms with Crippen molar-refractivity contribution in [3.8, 4) is 5.75 Å². The SMILES string of the molecule is CC(C)c1cccc(C(C)C)c1NC(=O)COc1ccccc1Cl. The van der Waals surface area contributed by atoms with Crippen molar-refractivity contribution in [2.45, 2.75) is 39.5 Å². The summed E-state index contributed by atoms with van der Waals surface area (Å²) in [5.74, 6) is 0.965. The summed E-state index contributed by atoms with van der Waals surface area (Å²) in [5.41, 5.74) is 3.16. The lowest BCUT2D eigenvalue weighted by molar-refractivity contribution is -0.118. The molecule has 0 saturated carbocycles. The molecular formula is C20H24ClNO2. The van der Waals surface area contributed by atoms with Gasteiger partial charge in [0.1, 0.15) is 5.75 Å². The van der Waals surface area contributed by atoms with Crippen LogP contribution in [0.15, 0.2) is 42.5 Å². The summed E-state index contributed by atoms with van der Waals surface area (Å²) in [7, 11) is 0. The maximum atomic E-state index is 12.4. The lowest BCUT2D eigenvalue weighted by Gasteiger charge is -2.20. The minimum absolute atomic E-state index is 0.0757. The summed E-state index contributed by atoms with van der Waals surface area (Å²) in [6, 6.07) is 13.3. The number of para-hydroxylation sites is 2. The molecule has 0 aromatic heterocycles. The molecule has 0 aliphatic carbocycles. The Labute approximate surface area is 149 Å². The van der Waals surface area contributed by atoms with Crippen LogP contribution in [0.3, 0.4) is 0 Å². The molecule has 0 aliphatic rings. The molecule has 2 aromatic carbocycles. The van der Waals surface area contributed by atoms with E-state index >= 15 is 0 Å². The number of anilines is 1. The van der Waals surface area contributed by atoms with Gasteiger partial charge in [-0.3, -0.25) is 4.79 Å². The first kappa shape index (κ1) is 18.3. The zero-order valence-electron chi connectivity index (χ0n) is 14.6. The Balaban J connectivity index is 2.15. The van der Waals surface area contributed by atoms with Crippen molar-refractivity contribution in [2.24, 2.45) is 0 Å². The van der Waals surface area contributed by atoms with Crippen molar-refractivity contribution in [1.29, 1.82) is 0 Å². The van der Waals surface area contributed by atoms with Gasteiger partial charge in [0.25, 0.3) is 5.91 Å². The van der Waals surface area contributed by atoms with Crippen LogP contribution in [0.2, 0.25) is 5.02 Å². The van der Waals surface area contributed by atoms with Crippen LogP contribution < -0.4 is 10.1 Å². The predicted molar refractivity (Wildman–Crippen MR) is 100 cm³/mol. The van der Waals surface area contributed by atoms with E-state index in [1.165, 1.54) is 0 Å². The summed E-state index contributed by atoms with van der Waals surface area (Å²) in [6.45, 7) is 8.41. The maximum Gasteiger partial charge on any atom is 0.262 e. The normalized spacial score (nSPS) is 11.0. The number of benzene rings is 2. The van der Waals surface area contributed by atoms with Crippen molar-refractivity contribution in [3.63, 3.8) is 0 Å². The number of hydrogen-bond acceptors (Lipinski definition) is 2. The number of rotatable bonds is 6. The topological polar surface area (TPSA) is 38.3 Å². The van der Waals surface area contributed by atoms with E-state index in [-0.39, 0.29) is 12.5 Å². The summed E-state index contributed by atoms with van der Waals surface area (Å²) >= 11 is 6.04. The van der Waals surface area contributed by atoms with Crippen molar-refractivity contribution in [1.82, 2.24) is 0 Å². The standard InChI is InChI=1S/C20H24ClNO2/c1-13(2)15-8-7-9-16(14(3)4)20(15)22-19(23)12-24-18-11-6-5-10-17(18)21/h5-11,13-14H,12H2,1-4H3,(H,22,23). The minimum Gasteiger partial charge on any atom is -0.482 e. The number of hydrogen-bond donors (Lipinski definition) is 1. The van der Waals surface area contributed by atoms with Crippen LogP contribution in [0, 0.1) is 0 Å². The molecule has 1 N–H and O–H groups in total. The van der Waals surface area contributed by atoms with Crippen LogP contribution >= 0.6 is 11.6 Å². The van der Waals surface area contributed by atoms with Crippen LogP contribution in [0.5, 0.6) is 5.75 Å². The van der Waals surface area contributed by atoms with Crippen molar-refractivity contribution in [2.75, 3.05) is 11.9 Å². The van der Waals surface area contributed by atoms with E-state index in [0.29, 0.717) is 22.6 Å². The molecule has 0 aliphatic heterocycles. The Kier molecular flexibility index (Phi) is 6.27. The smallest absolute Gasteiger partial charge is 0.262 e. The van der Waals surface area contributed by atoms with Gasteiger partial charge >= 0.3 is 0 Å². The second-order valence-electron chi connectivity index (χ2n) is 6.39. The van der Waals surface area contributed by atoms with E-state index in [2.05, 4.69) is 45.1 Å². The maximum absolute atomic E-state index is 12.4. The van der Waals surface area contributed by atoms with E-state index in [4.69, 9.17) is 16.3 Å². The molecule has 2 aromatic rings. The molecular weight excluding hydrogens is 322 g/mol. The molecule has 0 unspecified atom stereocenters. The van der Waals surface area contributed by atoms with Gasteiger partial charge in [0.15, 0.2) is 6.61 Å². The van der Waals surface area contributed by atoms with Crippen molar-refractivity contribution >= 4 is 23.2 Å². The molecule has 1 amide bonds. The lowest BCUT2D eigenvalue weighted by Crippen LogP contribution is -2.22. The van der Waals surface area contributed by atoms with Crippen molar-refractivity contribution < 1.29 is 9.53 Å². The van der Waals surface area contributed by atoms with E-state index < -0.39 is 0 Å². The number of halogens is 1. The first-order chi connectivity index (χ1) is 11.4. The number of amides is 1. The van der Waals surface area contributed by atoms with Gasteiger partial charge in [0.2, 0.25) is 0 Å². The van der Waals surface area contributed by atoms with E-state index in [1.54, 1.807) is 12.1 Å². The van der Waals surface area contributed by atoms with Gasteiger partial charge < -0.3 is 10.1 Å². The average molecular weight is 346 g/mol. The van der Waals surface area contributed by atoms with E-state index in [1.807, 2.05) is 18.2 Å². The highest BCUT2D eigenvalue weighted by atomic mass is 35.5. The average Bonchev–Trinajstić information content (AvgIpc) is 2.53. The molecule has 2 rings (SSSR count). The molecule has 0 fully saturated rings.